The number of likely N-dealkylation sites (N-methyl/N-ethyl adjacent to an activating group) is 1. The maximum Gasteiger partial charge on any atom is 0.0637 e. The van der Waals surface area contributed by atoms with E-state index in [1.807, 2.05) is 11.7 Å². The summed E-state index contributed by atoms with van der Waals surface area (Å²) in [6.45, 7) is 6.42. The highest BCUT2D eigenvalue weighted by atomic mass is 15.3. The quantitative estimate of drug-likeness (QED) is 0.742. The number of rotatable bonds is 5. The first-order valence-electron chi connectivity index (χ1n) is 4.89. The molecule has 13 heavy (non-hydrogen) atoms. The Morgan fingerprint density at radius 1 is 1.54 bits per heavy atom. The molecule has 1 aromatic heterocycles. The number of nitrogens with one attached hydrogen (secondary N) is 1. The monoisotopic (exact) mass is 181 g/mol. The largest absolute Gasteiger partial charge is 0.319 e. The first-order chi connectivity index (χ1) is 6.22. The molecular formula is C10H19N3. The van der Waals surface area contributed by atoms with Crippen LogP contribution in [0, 0.1) is 5.92 Å². The molecule has 0 aliphatic carbocycles. The van der Waals surface area contributed by atoms with Gasteiger partial charge in [-0.1, -0.05) is 13.8 Å². The van der Waals surface area contributed by atoms with E-state index >= 15 is 0 Å². The zero-order chi connectivity index (χ0) is 9.68. The lowest BCUT2D eigenvalue weighted by atomic mass is 10.2. The molecule has 0 fully saturated rings. The first-order valence-corrected chi connectivity index (χ1v) is 4.89. The SMILES string of the molecule is CNCCc1ccn(CC(C)C)n1. The third-order valence-corrected chi connectivity index (χ3v) is 1.88. The van der Waals surface area contributed by atoms with Gasteiger partial charge in [-0.15, -0.1) is 0 Å². The van der Waals surface area contributed by atoms with Gasteiger partial charge in [0.2, 0.25) is 0 Å². The molecule has 1 N–H and O–H groups in total. The third kappa shape index (κ3) is 3.59. The Labute approximate surface area is 80.1 Å². The molecule has 0 spiro atoms. The normalized spacial score (nSPS) is 11.1. The predicted octanol–water partition coefficient (Wildman–Crippen LogP) is 1.30. The standard InChI is InChI=1S/C10H19N3/c1-9(2)8-13-7-5-10(12-13)4-6-11-3/h5,7,9,11H,4,6,8H2,1-3H3. The molecule has 0 aromatic carbocycles. The second-order valence-electron chi connectivity index (χ2n) is 3.78. The van der Waals surface area contributed by atoms with Crippen LogP contribution >= 0.6 is 0 Å². The van der Waals surface area contributed by atoms with Crippen LogP contribution in [0.1, 0.15) is 19.5 Å². The molecule has 0 unspecified atom stereocenters. The van der Waals surface area contributed by atoms with Gasteiger partial charge in [-0.05, 0) is 19.0 Å². The molecule has 0 atom stereocenters. The molecule has 3 nitrogen and oxygen atoms in total. The Bertz CT molecular complexity index is 240. The Balaban J connectivity index is 2.44. The summed E-state index contributed by atoms with van der Waals surface area (Å²) < 4.78 is 2.02. The fourth-order valence-corrected chi connectivity index (χ4v) is 1.27. The fourth-order valence-electron chi connectivity index (χ4n) is 1.27. The average molecular weight is 181 g/mol. The van der Waals surface area contributed by atoms with Crippen LogP contribution in [0.2, 0.25) is 0 Å². The van der Waals surface area contributed by atoms with Crippen molar-refractivity contribution in [3.8, 4) is 0 Å². The summed E-state index contributed by atoms with van der Waals surface area (Å²) in [5, 5.41) is 7.58. The van der Waals surface area contributed by atoms with Gasteiger partial charge in [0, 0.05) is 25.7 Å². The Morgan fingerprint density at radius 3 is 2.92 bits per heavy atom. The van der Waals surface area contributed by atoms with Crippen molar-refractivity contribution < 1.29 is 0 Å². The van der Waals surface area contributed by atoms with Crippen molar-refractivity contribution in [1.29, 1.82) is 0 Å². The topological polar surface area (TPSA) is 29.9 Å². The summed E-state index contributed by atoms with van der Waals surface area (Å²) in [4.78, 5) is 0. The molecule has 0 saturated carbocycles. The van der Waals surface area contributed by atoms with Crippen LogP contribution in [0.5, 0.6) is 0 Å². The zero-order valence-corrected chi connectivity index (χ0v) is 8.75. The zero-order valence-electron chi connectivity index (χ0n) is 8.75. The van der Waals surface area contributed by atoms with Gasteiger partial charge in [0.1, 0.15) is 0 Å². The molecule has 0 aliphatic heterocycles. The van der Waals surface area contributed by atoms with E-state index in [1.54, 1.807) is 0 Å². The van der Waals surface area contributed by atoms with Crippen LogP contribution in [0.3, 0.4) is 0 Å². The summed E-state index contributed by atoms with van der Waals surface area (Å²) in [6, 6.07) is 2.10. The van der Waals surface area contributed by atoms with Gasteiger partial charge in [0.05, 0.1) is 5.69 Å². The molecular weight excluding hydrogens is 162 g/mol. The van der Waals surface area contributed by atoms with Crippen LogP contribution in [-0.4, -0.2) is 23.4 Å². The molecule has 0 radical (unpaired) electrons. The minimum Gasteiger partial charge on any atom is -0.319 e. The summed E-state index contributed by atoms with van der Waals surface area (Å²) in [5.41, 5.74) is 1.18. The van der Waals surface area contributed by atoms with Crippen molar-refractivity contribution in [2.24, 2.45) is 5.92 Å². The number of hydrogen-bond acceptors (Lipinski definition) is 2. The maximum atomic E-state index is 4.46. The van der Waals surface area contributed by atoms with Crippen LogP contribution in [0.15, 0.2) is 12.3 Å². The van der Waals surface area contributed by atoms with Crippen molar-refractivity contribution in [2.45, 2.75) is 26.8 Å². The van der Waals surface area contributed by atoms with E-state index in [0.717, 1.165) is 19.5 Å². The van der Waals surface area contributed by atoms with E-state index in [4.69, 9.17) is 0 Å². The summed E-state index contributed by atoms with van der Waals surface area (Å²) in [5.74, 6) is 0.664. The van der Waals surface area contributed by atoms with Crippen molar-refractivity contribution in [2.75, 3.05) is 13.6 Å². The van der Waals surface area contributed by atoms with Crippen LogP contribution in [-0.2, 0) is 13.0 Å². The van der Waals surface area contributed by atoms with Crippen molar-refractivity contribution in [3.63, 3.8) is 0 Å². The summed E-state index contributed by atoms with van der Waals surface area (Å²) >= 11 is 0. The van der Waals surface area contributed by atoms with Crippen LogP contribution in [0.4, 0.5) is 0 Å². The Morgan fingerprint density at radius 2 is 2.31 bits per heavy atom. The van der Waals surface area contributed by atoms with Crippen molar-refractivity contribution in [3.05, 3.63) is 18.0 Å². The van der Waals surface area contributed by atoms with E-state index in [-0.39, 0.29) is 0 Å². The van der Waals surface area contributed by atoms with Gasteiger partial charge in [0.25, 0.3) is 0 Å². The number of aromatic nitrogens is 2. The van der Waals surface area contributed by atoms with Gasteiger partial charge in [-0.25, -0.2) is 0 Å². The van der Waals surface area contributed by atoms with Gasteiger partial charge in [-0.3, -0.25) is 4.68 Å². The lowest BCUT2D eigenvalue weighted by Gasteiger charge is -2.03. The van der Waals surface area contributed by atoms with E-state index in [1.165, 1.54) is 5.69 Å². The van der Waals surface area contributed by atoms with Gasteiger partial charge in [0.15, 0.2) is 0 Å². The van der Waals surface area contributed by atoms with Gasteiger partial charge in [-0.2, -0.15) is 5.10 Å². The van der Waals surface area contributed by atoms with Crippen LogP contribution < -0.4 is 5.32 Å². The van der Waals surface area contributed by atoms with E-state index in [2.05, 4.69) is 36.5 Å². The van der Waals surface area contributed by atoms with Gasteiger partial charge < -0.3 is 5.32 Å². The van der Waals surface area contributed by atoms with Gasteiger partial charge >= 0.3 is 0 Å². The van der Waals surface area contributed by atoms with Crippen molar-refractivity contribution >= 4 is 0 Å². The maximum absolute atomic E-state index is 4.46. The predicted molar refractivity (Wildman–Crippen MR) is 54.7 cm³/mol. The lowest BCUT2D eigenvalue weighted by Crippen LogP contribution is -2.11. The molecule has 1 heterocycles. The third-order valence-electron chi connectivity index (χ3n) is 1.88. The van der Waals surface area contributed by atoms with E-state index < -0.39 is 0 Å². The second-order valence-corrected chi connectivity index (χ2v) is 3.78. The Kier molecular flexibility index (Phi) is 3.96. The lowest BCUT2D eigenvalue weighted by molar-refractivity contribution is 0.479. The summed E-state index contributed by atoms with van der Waals surface area (Å²) in [7, 11) is 1.96. The number of hydrogen-bond donors (Lipinski definition) is 1. The Hall–Kier alpha value is -0.830. The van der Waals surface area contributed by atoms with Crippen molar-refractivity contribution in [1.82, 2.24) is 15.1 Å². The van der Waals surface area contributed by atoms with Crippen LogP contribution in [0.25, 0.3) is 0 Å². The summed E-state index contributed by atoms with van der Waals surface area (Å²) in [6.07, 6.45) is 3.08. The molecule has 0 amide bonds. The highest BCUT2D eigenvalue weighted by Crippen LogP contribution is 2.00. The fraction of sp³-hybridized carbons (Fsp3) is 0.700. The minimum atomic E-state index is 0.664. The highest BCUT2D eigenvalue weighted by molar-refractivity contribution is 4.99. The second kappa shape index (κ2) is 5.02. The molecule has 0 aliphatic rings. The molecule has 0 saturated heterocycles. The average Bonchev–Trinajstić information content (AvgIpc) is 2.48. The molecule has 1 rings (SSSR count). The smallest absolute Gasteiger partial charge is 0.0637 e. The molecule has 1 aromatic rings. The molecule has 74 valence electrons. The highest BCUT2D eigenvalue weighted by Gasteiger charge is 1.99. The minimum absolute atomic E-state index is 0.664. The van der Waals surface area contributed by atoms with E-state index in [9.17, 15) is 0 Å². The first kappa shape index (κ1) is 10.3. The van der Waals surface area contributed by atoms with E-state index in [0.29, 0.717) is 5.92 Å². The number of nitrogens with zero attached hydrogens (tertiary/aromatic N) is 2. The molecule has 3 heteroatoms. The molecule has 0 bridgehead atoms.